The summed E-state index contributed by atoms with van der Waals surface area (Å²) in [5.74, 6) is -1.57. The maximum atomic E-state index is 12.9. The molecule has 4 aromatic carbocycles. The number of esters is 1. The first-order chi connectivity index (χ1) is 29.8. The number of carbonyl (C=O) groups excluding carboxylic acids is 5. The second-order valence-corrected chi connectivity index (χ2v) is 17.2. The molecule has 5 aromatic rings. The highest BCUT2D eigenvalue weighted by Gasteiger charge is 2.49. The lowest BCUT2D eigenvalue weighted by Crippen LogP contribution is -2.32. The van der Waals surface area contributed by atoms with Gasteiger partial charge >= 0.3 is 5.97 Å². The largest absolute Gasteiger partial charge is 0.496 e. The molecule has 1 aliphatic heterocycles. The van der Waals surface area contributed by atoms with Crippen LogP contribution in [0.25, 0.3) is 0 Å². The summed E-state index contributed by atoms with van der Waals surface area (Å²) < 4.78 is 45.1. The Bertz CT molecular complexity index is 2610. The average molecular weight is 880 g/mol. The predicted octanol–water partition coefficient (Wildman–Crippen LogP) is 6.88. The molecule has 2 atom stereocenters. The van der Waals surface area contributed by atoms with Crippen LogP contribution in [0.4, 0.5) is 11.4 Å². The minimum atomic E-state index is -3.96. The second kappa shape index (κ2) is 20.4. The number of anilines is 2. The SMILES string of the molecule is CCC(=O)NS(=O)(=O)c1ccc(C)c(Cn2ccnc2C(=O)Nc2ccccc2)c1.CCC(Oc1ccc(C)cc1C)C(=O)Nc1ccc(OC)c(CC2C(=O)OC(C)(C)C2=O)c1. The maximum Gasteiger partial charge on any atom is 0.317 e. The van der Waals surface area contributed by atoms with Crippen LogP contribution in [0.15, 0.2) is 102 Å². The van der Waals surface area contributed by atoms with E-state index < -0.39 is 39.5 Å². The van der Waals surface area contributed by atoms with Crippen molar-refractivity contribution in [1.29, 1.82) is 0 Å². The van der Waals surface area contributed by atoms with Crippen molar-refractivity contribution >= 4 is 50.9 Å². The standard InChI is InChI=1S/C26H31NO6.C21H22N4O4S/c1-7-20(32-21-10-8-15(2)12-16(21)3)24(29)27-18-9-11-22(31-6)17(13-18)14-19-23(28)26(4,5)33-25(19)30;1-3-19(26)24-30(28,29)18-10-9-15(2)16(13-18)14-25-12-11-22-20(25)21(27)23-17-7-5-4-6-8-17/h8-13,19-20H,7,14H2,1-6H3,(H,27,29);4-13H,3,14H2,1-2H3,(H,23,27)(H,24,26). The summed E-state index contributed by atoms with van der Waals surface area (Å²) in [5, 5.41) is 5.66. The Labute approximate surface area is 367 Å². The summed E-state index contributed by atoms with van der Waals surface area (Å²) in [6.45, 7) is 12.7. The van der Waals surface area contributed by atoms with Crippen molar-refractivity contribution in [2.24, 2.45) is 5.92 Å². The number of aromatic nitrogens is 2. The molecule has 6 rings (SSSR count). The fraction of sp³-hybridized carbons (Fsp3) is 0.319. The van der Waals surface area contributed by atoms with Crippen LogP contribution < -0.4 is 24.8 Å². The van der Waals surface area contributed by atoms with Crippen molar-refractivity contribution in [1.82, 2.24) is 14.3 Å². The van der Waals surface area contributed by atoms with Crippen LogP contribution in [0.2, 0.25) is 0 Å². The highest BCUT2D eigenvalue weighted by atomic mass is 32.2. The van der Waals surface area contributed by atoms with Crippen LogP contribution in [0, 0.1) is 26.7 Å². The number of ketones is 1. The van der Waals surface area contributed by atoms with E-state index in [4.69, 9.17) is 14.2 Å². The molecule has 0 radical (unpaired) electrons. The molecule has 1 aliphatic rings. The summed E-state index contributed by atoms with van der Waals surface area (Å²) in [4.78, 5) is 66.0. The number of methoxy groups -OCH3 is 1. The number of hydrogen-bond acceptors (Lipinski definition) is 11. The lowest BCUT2D eigenvalue weighted by Gasteiger charge is -2.19. The van der Waals surface area contributed by atoms with Crippen LogP contribution in [-0.4, -0.2) is 66.3 Å². The van der Waals surface area contributed by atoms with E-state index in [-0.39, 0.29) is 47.7 Å². The Morgan fingerprint density at radius 3 is 2.21 bits per heavy atom. The zero-order chi connectivity index (χ0) is 46.1. The Kier molecular flexibility index (Phi) is 15.3. The molecular weight excluding hydrogens is 827 g/mol. The lowest BCUT2D eigenvalue weighted by molar-refractivity contribution is -0.149. The minimum Gasteiger partial charge on any atom is -0.496 e. The van der Waals surface area contributed by atoms with Gasteiger partial charge in [0, 0.05) is 36.7 Å². The number of benzene rings is 4. The van der Waals surface area contributed by atoms with Crippen LogP contribution in [0.1, 0.15) is 79.0 Å². The number of imidazole rings is 1. The topological polar surface area (TPSA) is 201 Å². The van der Waals surface area contributed by atoms with Crippen molar-refractivity contribution in [2.45, 2.75) is 90.9 Å². The first-order valence-corrected chi connectivity index (χ1v) is 21.9. The Balaban J connectivity index is 0.000000239. The van der Waals surface area contributed by atoms with Gasteiger partial charge < -0.3 is 29.4 Å². The molecule has 3 N–H and O–H groups in total. The number of hydrogen-bond donors (Lipinski definition) is 3. The van der Waals surface area contributed by atoms with E-state index in [2.05, 4.69) is 15.6 Å². The zero-order valence-electron chi connectivity index (χ0n) is 36.6. The molecule has 332 valence electrons. The molecule has 16 heteroatoms. The van der Waals surface area contributed by atoms with Crippen molar-refractivity contribution in [2.75, 3.05) is 17.7 Å². The van der Waals surface area contributed by atoms with Gasteiger partial charge in [0.1, 0.15) is 17.4 Å². The van der Waals surface area contributed by atoms with E-state index in [0.717, 1.165) is 16.7 Å². The quantitative estimate of drug-likeness (QED) is 0.0732. The maximum absolute atomic E-state index is 12.9. The van der Waals surface area contributed by atoms with E-state index in [1.54, 1.807) is 67.9 Å². The molecule has 0 spiro atoms. The Morgan fingerprint density at radius 2 is 1.57 bits per heavy atom. The number of carbonyl (C=O) groups is 5. The lowest BCUT2D eigenvalue weighted by atomic mass is 9.90. The van der Waals surface area contributed by atoms with E-state index >= 15 is 0 Å². The number of Topliss-reactive ketones (excluding diaryl/α,β-unsaturated/α-hetero) is 1. The third kappa shape index (κ3) is 12.0. The first kappa shape index (κ1) is 47.2. The van der Waals surface area contributed by atoms with Gasteiger partial charge in [0.05, 0.1) is 12.0 Å². The van der Waals surface area contributed by atoms with Crippen molar-refractivity contribution in [3.05, 3.63) is 131 Å². The third-order valence-electron chi connectivity index (χ3n) is 10.3. The average Bonchev–Trinajstić information content (AvgIpc) is 3.78. The number of nitrogens with zero attached hydrogens (tertiary/aromatic N) is 2. The van der Waals surface area contributed by atoms with Gasteiger partial charge in [-0.25, -0.2) is 18.1 Å². The van der Waals surface area contributed by atoms with Crippen LogP contribution >= 0.6 is 0 Å². The van der Waals surface area contributed by atoms with Gasteiger partial charge in [0.2, 0.25) is 5.91 Å². The zero-order valence-corrected chi connectivity index (χ0v) is 37.4. The third-order valence-corrected chi connectivity index (χ3v) is 11.6. The summed E-state index contributed by atoms with van der Waals surface area (Å²) >= 11 is 0. The molecule has 63 heavy (non-hydrogen) atoms. The highest BCUT2D eigenvalue weighted by Crippen LogP contribution is 2.33. The van der Waals surface area contributed by atoms with Crippen LogP contribution in [0.3, 0.4) is 0 Å². The van der Waals surface area contributed by atoms with Gasteiger partial charge in [-0.05, 0) is 118 Å². The normalized spacial score (nSPS) is 14.7. The van der Waals surface area contributed by atoms with Gasteiger partial charge in [0.25, 0.3) is 21.8 Å². The number of aryl methyl sites for hydroxylation is 3. The number of amides is 3. The monoisotopic (exact) mass is 879 g/mol. The van der Waals surface area contributed by atoms with Crippen LogP contribution in [-0.2, 0) is 46.9 Å². The number of para-hydroxylation sites is 1. The van der Waals surface area contributed by atoms with Gasteiger partial charge in [-0.15, -0.1) is 0 Å². The summed E-state index contributed by atoms with van der Waals surface area (Å²) in [6.07, 6.45) is 3.16. The molecule has 15 nitrogen and oxygen atoms in total. The van der Waals surface area contributed by atoms with Gasteiger partial charge in [0.15, 0.2) is 23.3 Å². The molecule has 1 fully saturated rings. The van der Waals surface area contributed by atoms with Crippen molar-refractivity contribution < 1.29 is 46.6 Å². The Hall–Kier alpha value is -6.81. The first-order valence-electron chi connectivity index (χ1n) is 20.4. The van der Waals surface area contributed by atoms with E-state index in [0.29, 0.717) is 40.4 Å². The number of nitrogens with one attached hydrogen (secondary N) is 3. The van der Waals surface area contributed by atoms with E-state index in [1.807, 2.05) is 68.8 Å². The molecule has 0 bridgehead atoms. The summed E-state index contributed by atoms with van der Waals surface area (Å²) in [6, 6.07) is 24.6. The van der Waals surface area contributed by atoms with E-state index in [1.165, 1.54) is 25.4 Å². The molecule has 0 aliphatic carbocycles. The fourth-order valence-corrected chi connectivity index (χ4v) is 7.85. The fourth-order valence-electron chi connectivity index (χ4n) is 6.75. The van der Waals surface area contributed by atoms with Gasteiger partial charge in [-0.3, -0.25) is 24.0 Å². The van der Waals surface area contributed by atoms with Gasteiger partial charge in [-0.2, -0.15) is 0 Å². The minimum absolute atomic E-state index is 0.0136. The summed E-state index contributed by atoms with van der Waals surface area (Å²) in [5.41, 5.74) is 4.28. The summed E-state index contributed by atoms with van der Waals surface area (Å²) in [7, 11) is -2.45. The second-order valence-electron chi connectivity index (χ2n) is 15.5. The molecule has 1 saturated heterocycles. The Morgan fingerprint density at radius 1 is 0.857 bits per heavy atom. The molecule has 1 aromatic heterocycles. The molecule has 2 heterocycles. The number of cyclic esters (lactones) is 1. The molecule has 2 unspecified atom stereocenters. The number of ether oxygens (including phenoxy) is 3. The van der Waals surface area contributed by atoms with Crippen molar-refractivity contribution in [3.8, 4) is 11.5 Å². The van der Waals surface area contributed by atoms with E-state index in [9.17, 15) is 32.4 Å². The molecule has 3 amide bonds. The highest BCUT2D eigenvalue weighted by molar-refractivity contribution is 7.90. The van der Waals surface area contributed by atoms with Crippen molar-refractivity contribution in [3.63, 3.8) is 0 Å². The molecule has 0 saturated carbocycles. The predicted molar refractivity (Wildman–Crippen MR) is 237 cm³/mol. The van der Waals surface area contributed by atoms with Gasteiger partial charge in [-0.1, -0.05) is 55.8 Å². The number of rotatable bonds is 15. The molecular formula is C47H53N5O10S. The smallest absolute Gasteiger partial charge is 0.317 e. The number of sulfonamides is 1. The van der Waals surface area contributed by atoms with Crippen LogP contribution in [0.5, 0.6) is 11.5 Å².